The van der Waals surface area contributed by atoms with Crippen molar-refractivity contribution in [2.45, 2.75) is 32.6 Å². The third kappa shape index (κ3) is 5.32. The third-order valence-corrected chi connectivity index (χ3v) is 2.09. The molecule has 0 N–H and O–H groups in total. The number of aryl methyl sites for hydroxylation is 1. The lowest BCUT2D eigenvalue weighted by molar-refractivity contribution is 0.717. The van der Waals surface area contributed by atoms with Crippen LogP contribution >= 0.6 is 0 Å². The van der Waals surface area contributed by atoms with Crippen LogP contribution in [0.25, 0.3) is 0 Å². The molecule has 0 fully saturated rings. The van der Waals surface area contributed by atoms with Crippen LogP contribution in [0.1, 0.15) is 37.3 Å². The smallest absolute Gasteiger partial charge is 0.0654 e. The van der Waals surface area contributed by atoms with Crippen molar-refractivity contribution in [1.82, 2.24) is 0 Å². The highest BCUT2D eigenvalue weighted by Gasteiger charge is 1.91. The van der Waals surface area contributed by atoms with Crippen LogP contribution in [-0.2, 0) is 6.42 Å². The van der Waals surface area contributed by atoms with Gasteiger partial charge in [-0.15, -0.1) is 0 Å². The van der Waals surface area contributed by atoms with E-state index in [0.29, 0.717) is 0 Å². The molecule has 0 saturated heterocycles. The van der Waals surface area contributed by atoms with E-state index >= 15 is 0 Å². The monoisotopic (exact) mass is 187 g/mol. The molecule has 0 aliphatic rings. The number of hydrogen-bond acceptors (Lipinski definition) is 0. The number of unbranched alkanes of at least 4 members (excludes halogenated alkanes) is 2. The lowest BCUT2D eigenvalue weighted by Gasteiger charge is -2.00. The summed E-state index contributed by atoms with van der Waals surface area (Å²) in [5.41, 5.74) is 2.55. The van der Waals surface area contributed by atoms with E-state index in [0.717, 1.165) is 5.56 Å². The summed E-state index contributed by atoms with van der Waals surface area (Å²) in [6, 6.07) is 8.53. The van der Waals surface area contributed by atoms with Crippen molar-refractivity contribution in [2.24, 2.45) is 0 Å². The maximum Gasteiger partial charge on any atom is 0.316 e. The lowest BCUT2D eigenvalue weighted by Crippen LogP contribution is -1.84. The van der Waals surface area contributed by atoms with Gasteiger partial charge in [0.15, 0.2) is 0 Å². The molecule has 69 valence electrons. The molecule has 0 bridgehead atoms. The first-order valence-electron chi connectivity index (χ1n) is 4.74. The Morgan fingerprint density at radius 2 is 1.69 bits per heavy atom. The van der Waals surface area contributed by atoms with E-state index in [1.165, 1.54) is 31.2 Å². The molecule has 1 radical (unpaired) electrons. The van der Waals surface area contributed by atoms with Gasteiger partial charge in [-0.2, -0.15) is 0 Å². The van der Waals surface area contributed by atoms with Gasteiger partial charge in [-0.1, -0.05) is 44.0 Å². The maximum absolute atomic E-state index is 3.86. The molecule has 0 spiro atoms. The molecule has 1 aromatic carbocycles. The first kappa shape index (κ1) is 13.0. The van der Waals surface area contributed by atoms with Gasteiger partial charge in [-0.3, -0.25) is 0 Å². The summed E-state index contributed by atoms with van der Waals surface area (Å²) < 4.78 is 0. The Morgan fingerprint density at radius 1 is 1.08 bits per heavy atom. The second kappa shape index (κ2) is 7.40. The number of hydrogen-bond donors (Lipinski definition) is 0. The van der Waals surface area contributed by atoms with E-state index in [1.807, 2.05) is 0 Å². The van der Waals surface area contributed by atoms with Crippen LogP contribution in [0.4, 0.5) is 0 Å². The molecule has 0 amide bonds. The Kier molecular flexibility index (Phi) is 7.39. The zero-order chi connectivity index (χ0) is 8.81. The van der Waals surface area contributed by atoms with E-state index in [4.69, 9.17) is 0 Å². The van der Waals surface area contributed by atoms with Gasteiger partial charge < -0.3 is 0 Å². The van der Waals surface area contributed by atoms with Gasteiger partial charge in [-0.05, 0) is 30.9 Å². The second-order valence-electron chi connectivity index (χ2n) is 3.27. The van der Waals surface area contributed by atoms with Crippen LogP contribution < -0.4 is 0 Å². The SMILES string of the molecule is [CH2]c1ccc(CCCCC)cc1.[MgH2]. The summed E-state index contributed by atoms with van der Waals surface area (Å²) in [6.07, 6.45) is 5.17. The summed E-state index contributed by atoms with van der Waals surface area (Å²) in [7, 11) is 0. The summed E-state index contributed by atoms with van der Waals surface area (Å²) >= 11 is 0. The first-order chi connectivity index (χ1) is 5.83. The normalized spacial score (nSPS) is 9.38. The minimum Gasteiger partial charge on any atom is -0.0654 e. The van der Waals surface area contributed by atoms with Crippen molar-refractivity contribution in [3.05, 3.63) is 42.3 Å². The molecule has 0 aliphatic carbocycles. The molecule has 1 aromatic rings. The van der Waals surface area contributed by atoms with Crippen LogP contribution in [-0.4, -0.2) is 23.1 Å². The summed E-state index contributed by atoms with van der Waals surface area (Å²) in [4.78, 5) is 0. The van der Waals surface area contributed by atoms with Crippen molar-refractivity contribution in [3.63, 3.8) is 0 Å². The van der Waals surface area contributed by atoms with E-state index in [9.17, 15) is 0 Å². The number of benzene rings is 1. The van der Waals surface area contributed by atoms with Crippen LogP contribution in [0.3, 0.4) is 0 Å². The van der Waals surface area contributed by atoms with Crippen molar-refractivity contribution >= 4 is 23.1 Å². The molecule has 1 rings (SSSR count). The Balaban J connectivity index is 0.00000144. The Hall–Kier alpha value is -0.0138. The predicted molar refractivity (Wildman–Crippen MR) is 62.7 cm³/mol. The molecule has 0 heterocycles. The topological polar surface area (TPSA) is 0 Å². The van der Waals surface area contributed by atoms with Gasteiger partial charge in [0.05, 0.1) is 0 Å². The molecule has 0 unspecified atom stereocenters. The molecule has 0 atom stereocenters. The van der Waals surface area contributed by atoms with E-state index in [2.05, 4.69) is 38.1 Å². The van der Waals surface area contributed by atoms with Gasteiger partial charge >= 0.3 is 23.1 Å². The highest BCUT2D eigenvalue weighted by atomic mass is 24.3. The molecule has 0 saturated carbocycles. The predicted octanol–water partition coefficient (Wildman–Crippen LogP) is 2.69. The van der Waals surface area contributed by atoms with Crippen LogP contribution in [0, 0.1) is 6.92 Å². The maximum atomic E-state index is 3.86. The van der Waals surface area contributed by atoms with Crippen molar-refractivity contribution in [2.75, 3.05) is 0 Å². The minimum atomic E-state index is 0. The largest absolute Gasteiger partial charge is 0.316 e. The average Bonchev–Trinajstić information content (AvgIpc) is 2.09. The van der Waals surface area contributed by atoms with Gasteiger partial charge in [0.1, 0.15) is 0 Å². The average molecular weight is 188 g/mol. The zero-order valence-electron chi connectivity index (χ0n) is 7.84. The van der Waals surface area contributed by atoms with Crippen LogP contribution in [0.15, 0.2) is 24.3 Å². The van der Waals surface area contributed by atoms with Crippen molar-refractivity contribution < 1.29 is 0 Å². The van der Waals surface area contributed by atoms with Crippen LogP contribution in [0.5, 0.6) is 0 Å². The van der Waals surface area contributed by atoms with Gasteiger partial charge in [-0.25, -0.2) is 0 Å². The molecule has 0 nitrogen and oxygen atoms in total. The van der Waals surface area contributed by atoms with E-state index < -0.39 is 0 Å². The molecule has 1 heteroatoms. The molecular formula is C12H19Mg. The van der Waals surface area contributed by atoms with Gasteiger partial charge in [0.2, 0.25) is 0 Å². The quantitative estimate of drug-likeness (QED) is 0.502. The van der Waals surface area contributed by atoms with Gasteiger partial charge in [0.25, 0.3) is 0 Å². The Labute approximate surface area is 97.9 Å². The lowest BCUT2D eigenvalue weighted by atomic mass is 10.1. The highest BCUT2D eigenvalue weighted by molar-refractivity contribution is 5.75. The highest BCUT2D eigenvalue weighted by Crippen LogP contribution is 2.07. The minimum absolute atomic E-state index is 0. The summed E-state index contributed by atoms with van der Waals surface area (Å²) in [6.45, 7) is 6.09. The Bertz CT molecular complexity index is 213. The fraction of sp³-hybridized carbons (Fsp3) is 0.417. The summed E-state index contributed by atoms with van der Waals surface area (Å²) in [5.74, 6) is 0. The molecule has 13 heavy (non-hydrogen) atoms. The summed E-state index contributed by atoms with van der Waals surface area (Å²) in [5, 5.41) is 0. The van der Waals surface area contributed by atoms with E-state index in [-0.39, 0.29) is 23.1 Å². The molecule has 0 aromatic heterocycles. The molecule has 0 aliphatic heterocycles. The van der Waals surface area contributed by atoms with Crippen molar-refractivity contribution in [1.29, 1.82) is 0 Å². The molecular weight excluding hydrogens is 168 g/mol. The fourth-order valence-corrected chi connectivity index (χ4v) is 1.29. The zero-order valence-corrected chi connectivity index (χ0v) is 7.84. The van der Waals surface area contributed by atoms with E-state index in [1.54, 1.807) is 0 Å². The van der Waals surface area contributed by atoms with Gasteiger partial charge in [0, 0.05) is 0 Å². The first-order valence-corrected chi connectivity index (χ1v) is 4.74. The standard InChI is InChI=1S/C12H17.Mg.2H/c1-3-4-5-6-12-9-7-11(2)8-10-12;;;/h7-10H,2-6H2,1H3;;;. The third-order valence-electron chi connectivity index (χ3n) is 2.09. The van der Waals surface area contributed by atoms with Crippen LogP contribution in [0.2, 0.25) is 0 Å². The fourth-order valence-electron chi connectivity index (χ4n) is 1.29. The van der Waals surface area contributed by atoms with Crippen molar-refractivity contribution in [3.8, 4) is 0 Å². The second-order valence-corrected chi connectivity index (χ2v) is 3.27. The Morgan fingerprint density at radius 3 is 2.23 bits per heavy atom. The number of rotatable bonds is 4.